The second kappa shape index (κ2) is 6.30. The molecule has 122 valence electrons. The predicted molar refractivity (Wildman–Crippen MR) is 91.2 cm³/mol. The quantitative estimate of drug-likeness (QED) is 0.890. The van der Waals surface area contributed by atoms with Gasteiger partial charge in [-0.25, -0.2) is 4.39 Å². The Balaban J connectivity index is 1.64. The van der Waals surface area contributed by atoms with E-state index in [9.17, 15) is 9.50 Å². The molecule has 1 aliphatic rings. The van der Waals surface area contributed by atoms with Gasteiger partial charge in [-0.3, -0.25) is 0 Å². The van der Waals surface area contributed by atoms with E-state index in [1.165, 1.54) is 17.2 Å². The van der Waals surface area contributed by atoms with Gasteiger partial charge in [0.05, 0.1) is 5.60 Å². The van der Waals surface area contributed by atoms with Crippen molar-refractivity contribution in [3.8, 4) is 0 Å². The summed E-state index contributed by atoms with van der Waals surface area (Å²) in [6.45, 7) is 1.02. The zero-order valence-electron chi connectivity index (χ0n) is 13.6. The van der Waals surface area contributed by atoms with Gasteiger partial charge in [0.15, 0.2) is 0 Å². The van der Waals surface area contributed by atoms with Crippen molar-refractivity contribution >= 4 is 5.69 Å². The van der Waals surface area contributed by atoms with Crippen molar-refractivity contribution in [2.24, 2.45) is 0 Å². The molecule has 0 aliphatic heterocycles. The summed E-state index contributed by atoms with van der Waals surface area (Å²) in [7, 11) is 3.88. The van der Waals surface area contributed by atoms with Crippen molar-refractivity contribution in [1.29, 1.82) is 0 Å². The van der Waals surface area contributed by atoms with Crippen LogP contribution in [0.1, 0.15) is 16.7 Å². The predicted octanol–water partition coefficient (Wildman–Crippen LogP) is 2.51. The summed E-state index contributed by atoms with van der Waals surface area (Å²) < 4.78 is 13.5. The summed E-state index contributed by atoms with van der Waals surface area (Å²) in [6.07, 6.45) is 1.33. The molecule has 0 atom stereocenters. The molecule has 0 bridgehead atoms. The molecule has 0 saturated carbocycles. The molecule has 4 heteroatoms. The highest BCUT2D eigenvalue weighted by Gasteiger charge is 2.34. The molecule has 0 heterocycles. The van der Waals surface area contributed by atoms with Crippen molar-refractivity contribution in [3.05, 3.63) is 65.0 Å². The van der Waals surface area contributed by atoms with Crippen LogP contribution < -0.4 is 10.2 Å². The van der Waals surface area contributed by atoms with Crippen LogP contribution in [0, 0.1) is 5.82 Å². The van der Waals surface area contributed by atoms with E-state index < -0.39 is 5.60 Å². The van der Waals surface area contributed by atoms with Crippen molar-refractivity contribution < 1.29 is 9.50 Å². The van der Waals surface area contributed by atoms with E-state index in [4.69, 9.17) is 0 Å². The summed E-state index contributed by atoms with van der Waals surface area (Å²) in [5.74, 6) is -0.237. The SMILES string of the molecule is CN(C)c1ccc(F)cc1CNCC1(O)Cc2ccccc2C1. The largest absolute Gasteiger partial charge is 0.388 e. The normalized spacial score (nSPS) is 15.5. The van der Waals surface area contributed by atoms with Crippen LogP contribution >= 0.6 is 0 Å². The minimum Gasteiger partial charge on any atom is -0.388 e. The topological polar surface area (TPSA) is 35.5 Å². The molecule has 0 aromatic heterocycles. The number of aliphatic hydroxyl groups is 1. The minimum atomic E-state index is -0.755. The lowest BCUT2D eigenvalue weighted by molar-refractivity contribution is 0.0510. The van der Waals surface area contributed by atoms with Crippen LogP contribution in [0.2, 0.25) is 0 Å². The molecule has 0 saturated heterocycles. The van der Waals surface area contributed by atoms with Crippen molar-refractivity contribution in [2.75, 3.05) is 25.5 Å². The zero-order chi connectivity index (χ0) is 16.4. The number of benzene rings is 2. The fourth-order valence-electron chi connectivity index (χ4n) is 3.36. The second-order valence-corrected chi connectivity index (χ2v) is 6.62. The lowest BCUT2D eigenvalue weighted by Crippen LogP contribution is -2.41. The Bertz CT molecular complexity index is 675. The summed E-state index contributed by atoms with van der Waals surface area (Å²) >= 11 is 0. The Hall–Kier alpha value is -1.91. The first kappa shape index (κ1) is 16.0. The highest BCUT2D eigenvalue weighted by Crippen LogP contribution is 2.29. The molecule has 0 unspecified atom stereocenters. The molecule has 23 heavy (non-hydrogen) atoms. The van der Waals surface area contributed by atoms with Gasteiger partial charge in [-0.1, -0.05) is 24.3 Å². The maximum atomic E-state index is 13.5. The average Bonchev–Trinajstić information content (AvgIpc) is 2.83. The van der Waals surface area contributed by atoms with E-state index in [1.54, 1.807) is 12.1 Å². The first-order chi connectivity index (χ1) is 11.0. The fraction of sp³-hybridized carbons (Fsp3) is 0.368. The average molecular weight is 314 g/mol. The van der Waals surface area contributed by atoms with Crippen molar-refractivity contribution in [1.82, 2.24) is 5.32 Å². The smallest absolute Gasteiger partial charge is 0.123 e. The standard InChI is InChI=1S/C19H23FN2O/c1-22(2)18-8-7-17(20)9-16(18)12-21-13-19(23)10-14-5-3-4-6-15(14)11-19/h3-9,21,23H,10-13H2,1-2H3. The van der Waals surface area contributed by atoms with Gasteiger partial charge in [0, 0.05) is 45.7 Å². The molecule has 2 aromatic carbocycles. The first-order valence-electron chi connectivity index (χ1n) is 7.92. The van der Waals surface area contributed by atoms with Gasteiger partial charge in [-0.15, -0.1) is 0 Å². The van der Waals surface area contributed by atoms with Gasteiger partial charge < -0.3 is 15.3 Å². The molecule has 0 radical (unpaired) electrons. The van der Waals surface area contributed by atoms with Crippen LogP contribution in [0.5, 0.6) is 0 Å². The number of anilines is 1. The van der Waals surface area contributed by atoms with Crippen LogP contribution in [0.25, 0.3) is 0 Å². The third-order valence-corrected chi connectivity index (χ3v) is 4.45. The third-order valence-electron chi connectivity index (χ3n) is 4.45. The van der Waals surface area contributed by atoms with Gasteiger partial charge in [0.25, 0.3) is 0 Å². The molecule has 2 aromatic rings. The molecule has 2 N–H and O–H groups in total. The van der Waals surface area contributed by atoms with E-state index >= 15 is 0 Å². The number of hydrogen-bond donors (Lipinski definition) is 2. The summed E-state index contributed by atoms with van der Waals surface area (Å²) in [5.41, 5.74) is 3.57. The molecular formula is C19H23FN2O. The summed E-state index contributed by atoms with van der Waals surface area (Å²) in [5, 5.41) is 14.1. The molecule has 3 nitrogen and oxygen atoms in total. The van der Waals surface area contributed by atoms with E-state index in [0.717, 1.165) is 11.3 Å². The number of rotatable bonds is 5. The van der Waals surface area contributed by atoms with Gasteiger partial charge in [-0.2, -0.15) is 0 Å². The van der Waals surface area contributed by atoms with Crippen LogP contribution in [-0.4, -0.2) is 31.3 Å². The Kier molecular flexibility index (Phi) is 4.37. The van der Waals surface area contributed by atoms with Gasteiger partial charge >= 0.3 is 0 Å². The van der Waals surface area contributed by atoms with E-state index in [-0.39, 0.29) is 5.82 Å². The fourth-order valence-corrected chi connectivity index (χ4v) is 3.36. The summed E-state index contributed by atoms with van der Waals surface area (Å²) in [6, 6.07) is 13.0. The number of nitrogens with zero attached hydrogens (tertiary/aromatic N) is 1. The Morgan fingerprint density at radius 2 is 1.78 bits per heavy atom. The highest BCUT2D eigenvalue weighted by molar-refractivity contribution is 5.52. The molecule has 0 fully saturated rings. The number of halogens is 1. The number of fused-ring (bicyclic) bond motifs is 1. The van der Waals surface area contributed by atoms with Gasteiger partial charge in [-0.05, 0) is 34.9 Å². The minimum absolute atomic E-state index is 0.237. The Morgan fingerprint density at radius 1 is 1.13 bits per heavy atom. The summed E-state index contributed by atoms with van der Waals surface area (Å²) in [4.78, 5) is 1.97. The Morgan fingerprint density at radius 3 is 2.39 bits per heavy atom. The van der Waals surface area contributed by atoms with Crippen molar-refractivity contribution in [2.45, 2.75) is 25.0 Å². The van der Waals surface area contributed by atoms with Crippen LogP contribution in [0.3, 0.4) is 0 Å². The van der Waals surface area contributed by atoms with Crippen molar-refractivity contribution in [3.63, 3.8) is 0 Å². The lowest BCUT2D eigenvalue weighted by Gasteiger charge is -2.24. The zero-order valence-corrected chi connectivity index (χ0v) is 13.6. The van der Waals surface area contributed by atoms with Crippen LogP contribution in [-0.2, 0) is 19.4 Å². The van der Waals surface area contributed by atoms with E-state index in [2.05, 4.69) is 17.4 Å². The molecule has 3 rings (SSSR count). The highest BCUT2D eigenvalue weighted by atomic mass is 19.1. The second-order valence-electron chi connectivity index (χ2n) is 6.62. The first-order valence-corrected chi connectivity index (χ1v) is 7.92. The maximum absolute atomic E-state index is 13.5. The number of hydrogen-bond acceptors (Lipinski definition) is 3. The molecule has 1 aliphatic carbocycles. The third kappa shape index (κ3) is 3.54. The lowest BCUT2D eigenvalue weighted by atomic mass is 10.0. The van der Waals surface area contributed by atoms with Crippen LogP contribution in [0.15, 0.2) is 42.5 Å². The van der Waals surface area contributed by atoms with Crippen LogP contribution in [0.4, 0.5) is 10.1 Å². The maximum Gasteiger partial charge on any atom is 0.123 e. The molecule has 0 amide bonds. The van der Waals surface area contributed by atoms with Gasteiger partial charge in [0.1, 0.15) is 5.82 Å². The van der Waals surface area contributed by atoms with E-state index in [0.29, 0.717) is 25.9 Å². The number of nitrogens with one attached hydrogen (secondary N) is 1. The van der Waals surface area contributed by atoms with Gasteiger partial charge in [0.2, 0.25) is 0 Å². The Labute approximate surface area is 136 Å². The molecule has 0 spiro atoms. The van der Waals surface area contributed by atoms with E-state index in [1.807, 2.05) is 31.1 Å². The molecular weight excluding hydrogens is 291 g/mol. The monoisotopic (exact) mass is 314 g/mol.